The lowest BCUT2D eigenvalue weighted by atomic mass is 10.1. The summed E-state index contributed by atoms with van der Waals surface area (Å²) < 4.78 is 5.06. The van der Waals surface area contributed by atoms with Gasteiger partial charge in [-0.05, 0) is 18.2 Å². The number of benzene rings is 2. The molecular weight excluding hydrogens is 400 g/mol. The Labute approximate surface area is 170 Å². The third kappa shape index (κ3) is 4.58. The number of fused-ring (bicyclic) bond motifs is 1. The standard InChI is InChI=1S/C19H17ClN4O5/c1-29-9-8-23(19(26)13-7-6-12(24(27)28)10-15(13)20)11-17-21-16-5-3-2-4-14(16)18(25)22-17/h2-7,10H,8-9,11H2,1H3,(H,21,22,25). The predicted octanol–water partition coefficient (Wildman–Crippen LogP) is 2.77. The number of nitro benzene ring substituents is 1. The van der Waals surface area contributed by atoms with Gasteiger partial charge < -0.3 is 14.6 Å². The number of carbonyl (C=O) groups excluding carboxylic acids is 1. The number of hydrogen-bond acceptors (Lipinski definition) is 6. The Balaban J connectivity index is 1.93. The largest absolute Gasteiger partial charge is 0.383 e. The number of aromatic nitrogens is 2. The molecule has 0 spiro atoms. The number of ether oxygens (including phenoxy) is 1. The van der Waals surface area contributed by atoms with Crippen LogP contribution in [0.15, 0.2) is 47.3 Å². The Hall–Kier alpha value is -3.30. The summed E-state index contributed by atoms with van der Waals surface area (Å²) in [5.41, 5.74) is 0.101. The summed E-state index contributed by atoms with van der Waals surface area (Å²) in [6.45, 7) is 0.461. The second-order valence-corrected chi connectivity index (χ2v) is 6.58. The molecule has 1 aromatic heterocycles. The molecule has 3 rings (SSSR count). The van der Waals surface area contributed by atoms with Crippen LogP contribution in [0, 0.1) is 10.1 Å². The van der Waals surface area contributed by atoms with Crippen LogP contribution in [0.25, 0.3) is 10.9 Å². The number of nitrogens with zero attached hydrogens (tertiary/aromatic N) is 3. The lowest BCUT2D eigenvalue weighted by Gasteiger charge is -2.22. The maximum Gasteiger partial charge on any atom is 0.270 e. The Morgan fingerprint density at radius 1 is 1.31 bits per heavy atom. The van der Waals surface area contributed by atoms with Crippen molar-refractivity contribution in [3.05, 3.63) is 79.3 Å². The zero-order valence-corrected chi connectivity index (χ0v) is 16.2. The molecule has 0 saturated carbocycles. The highest BCUT2D eigenvalue weighted by Crippen LogP contribution is 2.24. The zero-order chi connectivity index (χ0) is 21.0. The number of nitro groups is 1. The number of aromatic amines is 1. The summed E-state index contributed by atoms with van der Waals surface area (Å²) in [7, 11) is 1.50. The van der Waals surface area contributed by atoms with Crippen LogP contribution >= 0.6 is 11.6 Å². The molecule has 0 fully saturated rings. The smallest absolute Gasteiger partial charge is 0.270 e. The van der Waals surface area contributed by atoms with Gasteiger partial charge in [-0.1, -0.05) is 23.7 Å². The van der Waals surface area contributed by atoms with Crippen molar-refractivity contribution in [2.45, 2.75) is 6.54 Å². The first-order chi connectivity index (χ1) is 13.9. The highest BCUT2D eigenvalue weighted by molar-refractivity contribution is 6.34. The second kappa shape index (κ2) is 8.80. The molecule has 150 valence electrons. The van der Waals surface area contributed by atoms with Crippen molar-refractivity contribution in [1.29, 1.82) is 0 Å². The van der Waals surface area contributed by atoms with Crippen molar-refractivity contribution in [2.75, 3.05) is 20.3 Å². The van der Waals surface area contributed by atoms with Crippen LogP contribution in [0.1, 0.15) is 16.2 Å². The summed E-state index contributed by atoms with van der Waals surface area (Å²) >= 11 is 6.10. The van der Waals surface area contributed by atoms with E-state index in [-0.39, 0.29) is 41.5 Å². The van der Waals surface area contributed by atoms with E-state index in [0.717, 1.165) is 6.07 Å². The van der Waals surface area contributed by atoms with Crippen LogP contribution < -0.4 is 5.56 Å². The Morgan fingerprint density at radius 2 is 2.07 bits per heavy atom. The maximum atomic E-state index is 13.0. The molecule has 0 atom stereocenters. The fourth-order valence-electron chi connectivity index (χ4n) is 2.81. The highest BCUT2D eigenvalue weighted by atomic mass is 35.5. The molecule has 0 radical (unpaired) electrons. The van der Waals surface area contributed by atoms with E-state index in [1.165, 1.54) is 24.1 Å². The SMILES string of the molecule is COCCN(Cc1nc2ccccc2c(=O)[nH]1)C(=O)c1ccc([N+](=O)[O-])cc1Cl. The molecule has 0 bridgehead atoms. The number of carbonyl (C=O) groups is 1. The molecule has 1 N–H and O–H groups in total. The van der Waals surface area contributed by atoms with Crippen molar-refractivity contribution < 1.29 is 14.5 Å². The molecule has 0 aliphatic carbocycles. The molecule has 1 heterocycles. The van der Waals surface area contributed by atoms with E-state index >= 15 is 0 Å². The number of amides is 1. The minimum atomic E-state index is -0.591. The van der Waals surface area contributed by atoms with Gasteiger partial charge in [0.1, 0.15) is 5.82 Å². The number of nitrogens with one attached hydrogen (secondary N) is 1. The van der Waals surface area contributed by atoms with Crippen LogP contribution in [-0.4, -0.2) is 46.0 Å². The van der Waals surface area contributed by atoms with Crippen molar-refractivity contribution in [1.82, 2.24) is 14.9 Å². The van der Waals surface area contributed by atoms with Crippen molar-refractivity contribution >= 4 is 34.1 Å². The van der Waals surface area contributed by atoms with Gasteiger partial charge in [0.2, 0.25) is 0 Å². The first-order valence-corrected chi connectivity index (χ1v) is 8.98. The number of rotatable bonds is 7. The Kier molecular flexibility index (Phi) is 6.20. The van der Waals surface area contributed by atoms with Gasteiger partial charge in [0, 0.05) is 25.8 Å². The van der Waals surface area contributed by atoms with E-state index in [2.05, 4.69) is 9.97 Å². The van der Waals surface area contributed by atoms with Crippen molar-refractivity contribution in [3.8, 4) is 0 Å². The fourth-order valence-corrected chi connectivity index (χ4v) is 3.06. The van der Waals surface area contributed by atoms with E-state index in [1.54, 1.807) is 24.3 Å². The summed E-state index contributed by atoms with van der Waals surface area (Å²) in [6, 6.07) is 10.5. The van der Waals surface area contributed by atoms with Gasteiger partial charge in [0.05, 0.1) is 39.6 Å². The summed E-state index contributed by atoms with van der Waals surface area (Å²) in [5, 5.41) is 11.3. The number of hydrogen-bond donors (Lipinski definition) is 1. The molecule has 2 aromatic carbocycles. The molecule has 0 saturated heterocycles. The van der Waals surface area contributed by atoms with Crippen LogP contribution in [0.4, 0.5) is 5.69 Å². The zero-order valence-electron chi connectivity index (χ0n) is 15.4. The molecule has 29 heavy (non-hydrogen) atoms. The van der Waals surface area contributed by atoms with Gasteiger partial charge >= 0.3 is 0 Å². The molecule has 10 heteroatoms. The third-order valence-corrected chi connectivity index (χ3v) is 4.56. The second-order valence-electron chi connectivity index (χ2n) is 6.17. The van der Waals surface area contributed by atoms with E-state index in [1.807, 2.05) is 0 Å². The van der Waals surface area contributed by atoms with E-state index in [9.17, 15) is 19.7 Å². The molecule has 0 aliphatic rings. The van der Waals surface area contributed by atoms with E-state index in [4.69, 9.17) is 16.3 Å². The topological polar surface area (TPSA) is 118 Å². The number of methoxy groups -OCH3 is 1. The number of non-ortho nitro benzene ring substituents is 1. The molecule has 3 aromatic rings. The Morgan fingerprint density at radius 3 is 2.76 bits per heavy atom. The summed E-state index contributed by atoms with van der Waals surface area (Å²) in [4.78, 5) is 44.1. The third-order valence-electron chi connectivity index (χ3n) is 4.25. The van der Waals surface area contributed by atoms with Crippen LogP contribution in [0.5, 0.6) is 0 Å². The number of halogens is 1. The van der Waals surface area contributed by atoms with Gasteiger partial charge in [-0.25, -0.2) is 4.98 Å². The van der Waals surface area contributed by atoms with Crippen LogP contribution in [-0.2, 0) is 11.3 Å². The molecule has 9 nitrogen and oxygen atoms in total. The average Bonchev–Trinajstić information content (AvgIpc) is 2.70. The van der Waals surface area contributed by atoms with E-state index in [0.29, 0.717) is 16.7 Å². The summed E-state index contributed by atoms with van der Waals surface area (Å²) in [5.74, 6) is -0.158. The lowest BCUT2D eigenvalue weighted by Crippen LogP contribution is -2.35. The van der Waals surface area contributed by atoms with E-state index < -0.39 is 10.8 Å². The first-order valence-electron chi connectivity index (χ1n) is 8.61. The van der Waals surface area contributed by atoms with Gasteiger partial charge in [0.15, 0.2) is 0 Å². The predicted molar refractivity (Wildman–Crippen MR) is 107 cm³/mol. The number of H-pyrrole nitrogens is 1. The quantitative estimate of drug-likeness (QED) is 0.467. The molecule has 1 amide bonds. The van der Waals surface area contributed by atoms with Crippen molar-refractivity contribution in [2.24, 2.45) is 0 Å². The summed E-state index contributed by atoms with van der Waals surface area (Å²) in [6.07, 6.45) is 0. The number of para-hydroxylation sites is 1. The fraction of sp³-hybridized carbons (Fsp3) is 0.211. The minimum Gasteiger partial charge on any atom is -0.383 e. The van der Waals surface area contributed by atoms with Gasteiger partial charge in [-0.3, -0.25) is 19.7 Å². The van der Waals surface area contributed by atoms with Gasteiger partial charge in [-0.15, -0.1) is 0 Å². The van der Waals surface area contributed by atoms with Gasteiger partial charge in [0.25, 0.3) is 17.2 Å². The monoisotopic (exact) mass is 416 g/mol. The minimum absolute atomic E-state index is 0.00951. The first kappa shape index (κ1) is 20.4. The van der Waals surface area contributed by atoms with Crippen LogP contribution in [0.3, 0.4) is 0 Å². The average molecular weight is 417 g/mol. The lowest BCUT2D eigenvalue weighted by molar-refractivity contribution is -0.384. The normalized spacial score (nSPS) is 10.8. The highest BCUT2D eigenvalue weighted by Gasteiger charge is 2.21. The van der Waals surface area contributed by atoms with Gasteiger partial charge in [-0.2, -0.15) is 0 Å². The Bertz CT molecular complexity index is 1130. The molecule has 0 aliphatic heterocycles. The molecular formula is C19H17ClN4O5. The van der Waals surface area contributed by atoms with Crippen molar-refractivity contribution in [3.63, 3.8) is 0 Å². The molecule has 0 unspecified atom stereocenters. The van der Waals surface area contributed by atoms with Crippen LogP contribution in [0.2, 0.25) is 5.02 Å². The maximum absolute atomic E-state index is 13.0.